The van der Waals surface area contributed by atoms with Crippen molar-refractivity contribution >= 4 is 17.3 Å². The van der Waals surface area contributed by atoms with Crippen molar-refractivity contribution in [2.24, 2.45) is 0 Å². The molecule has 5 heteroatoms. The van der Waals surface area contributed by atoms with Gasteiger partial charge in [-0.3, -0.25) is 0 Å². The van der Waals surface area contributed by atoms with Crippen molar-refractivity contribution in [2.75, 3.05) is 20.2 Å². The van der Waals surface area contributed by atoms with Gasteiger partial charge in [-0.15, -0.1) is 0 Å². The minimum Gasteiger partial charge on any atom is -0.376 e. The maximum Gasteiger partial charge on any atom is 0.169 e. The van der Waals surface area contributed by atoms with Crippen LogP contribution in [0.2, 0.25) is 0 Å². The number of rotatable bonds is 4. The Balaban J connectivity index is 1.80. The maximum absolute atomic E-state index is 13.5. The first-order valence-electron chi connectivity index (χ1n) is 6.51. The number of hydrogen-bond donors (Lipinski definition) is 1. The Morgan fingerprint density at radius 3 is 3.00 bits per heavy atom. The van der Waals surface area contributed by atoms with E-state index >= 15 is 0 Å². The summed E-state index contributed by atoms with van der Waals surface area (Å²) < 4.78 is 19.1. The van der Waals surface area contributed by atoms with E-state index in [2.05, 4.69) is 5.32 Å². The summed E-state index contributed by atoms with van der Waals surface area (Å²) in [6.07, 6.45) is 2.44. The summed E-state index contributed by atoms with van der Waals surface area (Å²) in [5.74, 6) is -0.198. The molecule has 0 saturated carbocycles. The molecule has 1 saturated heterocycles. The molecule has 1 heterocycles. The summed E-state index contributed by atoms with van der Waals surface area (Å²) in [7, 11) is 1.86. The van der Waals surface area contributed by atoms with Gasteiger partial charge in [0.05, 0.1) is 6.10 Å². The highest BCUT2D eigenvalue weighted by molar-refractivity contribution is 7.80. The average molecular weight is 282 g/mol. The van der Waals surface area contributed by atoms with Gasteiger partial charge in [0.1, 0.15) is 5.82 Å². The third-order valence-electron chi connectivity index (χ3n) is 3.22. The molecule has 1 aliphatic rings. The van der Waals surface area contributed by atoms with E-state index in [0.717, 1.165) is 26.0 Å². The SMILES string of the molecule is CN(Cc1ccccc1F)C(=S)NCC1CCCO1. The molecular weight excluding hydrogens is 263 g/mol. The molecule has 1 aromatic carbocycles. The molecule has 1 unspecified atom stereocenters. The van der Waals surface area contributed by atoms with Crippen molar-refractivity contribution in [3.63, 3.8) is 0 Å². The van der Waals surface area contributed by atoms with Gasteiger partial charge >= 0.3 is 0 Å². The largest absolute Gasteiger partial charge is 0.376 e. The smallest absolute Gasteiger partial charge is 0.169 e. The van der Waals surface area contributed by atoms with Crippen molar-refractivity contribution in [1.29, 1.82) is 0 Å². The lowest BCUT2D eigenvalue weighted by Gasteiger charge is -2.22. The Kier molecular flexibility index (Phi) is 5.10. The van der Waals surface area contributed by atoms with E-state index in [0.29, 0.717) is 17.2 Å². The lowest BCUT2D eigenvalue weighted by atomic mass is 10.2. The van der Waals surface area contributed by atoms with Crippen molar-refractivity contribution in [2.45, 2.75) is 25.5 Å². The number of halogens is 1. The van der Waals surface area contributed by atoms with Gasteiger partial charge in [0.15, 0.2) is 5.11 Å². The lowest BCUT2D eigenvalue weighted by Crippen LogP contribution is -2.40. The molecule has 1 atom stereocenters. The van der Waals surface area contributed by atoms with Crippen LogP contribution in [0.25, 0.3) is 0 Å². The lowest BCUT2D eigenvalue weighted by molar-refractivity contribution is 0.113. The fourth-order valence-electron chi connectivity index (χ4n) is 2.10. The molecule has 1 aromatic rings. The monoisotopic (exact) mass is 282 g/mol. The van der Waals surface area contributed by atoms with Crippen LogP contribution in [-0.4, -0.2) is 36.3 Å². The van der Waals surface area contributed by atoms with Crippen LogP contribution >= 0.6 is 12.2 Å². The van der Waals surface area contributed by atoms with Crippen LogP contribution in [0, 0.1) is 5.82 Å². The Morgan fingerprint density at radius 1 is 1.53 bits per heavy atom. The average Bonchev–Trinajstić information content (AvgIpc) is 2.91. The first-order chi connectivity index (χ1) is 9.16. The predicted molar refractivity (Wildman–Crippen MR) is 77.4 cm³/mol. The predicted octanol–water partition coefficient (Wildman–Crippen LogP) is 2.31. The van der Waals surface area contributed by atoms with Crippen LogP contribution in [-0.2, 0) is 11.3 Å². The summed E-state index contributed by atoms with van der Waals surface area (Å²) >= 11 is 5.29. The zero-order chi connectivity index (χ0) is 13.7. The summed E-state index contributed by atoms with van der Waals surface area (Å²) in [6.45, 7) is 2.02. The van der Waals surface area contributed by atoms with E-state index in [-0.39, 0.29) is 11.9 Å². The zero-order valence-electron chi connectivity index (χ0n) is 11.1. The van der Waals surface area contributed by atoms with Crippen LogP contribution in [0.3, 0.4) is 0 Å². The molecule has 2 rings (SSSR count). The highest BCUT2D eigenvalue weighted by Crippen LogP contribution is 2.11. The van der Waals surface area contributed by atoms with Gasteiger partial charge in [0.2, 0.25) is 0 Å². The van der Waals surface area contributed by atoms with E-state index in [9.17, 15) is 4.39 Å². The Morgan fingerprint density at radius 2 is 2.32 bits per heavy atom. The van der Waals surface area contributed by atoms with Gasteiger partial charge in [0.25, 0.3) is 0 Å². The molecule has 1 aliphatic heterocycles. The standard InChI is InChI=1S/C14H19FN2OS/c1-17(10-11-5-2-3-7-13(11)15)14(19)16-9-12-6-4-8-18-12/h2-3,5,7,12H,4,6,8-10H2,1H3,(H,16,19). The third kappa shape index (κ3) is 4.14. The number of hydrogen-bond acceptors (Lipinski definition) is 2. The van der Waals surface area contributed by atoms with Gasteiger partial charge in [-0.1, -0.05) is 18.2 Å². The van der Waals surface area contributed by atoms with Crippen LogP contribution < -0.4 is 5.32 Å². The van der Waals surface area contributed by atoms with Crippen LogP contribution in [0.1, 0.15) is 18.4 Å². The molecule has 1 N–H and O–H groups in total. The second-order valence-corrected chi connectivity index (χ2v) is 5.16. The van der Waals surface area contributed by atoms with Gasteiger partial charge < -0.3 is 15.0 Å². The molecule has 0 amide bonds. The fraction of sp³-hybridized carbons (Fsp3) is 0.500. The Hall–Kier alpha value is -1.20. The number of thiocarbonyl (C=S) groups is 1. The molecule has 0 spiro atoms. The molecule has 0 bridgehead atoms. The quantitative estimate of drug-likeness (QED) is 0.857. The molecule has 0 radical (unpaired) electrons. The second kappa shape index (κ2) is 6.82. The number of nitrogens with zero attached hydrogens (tertiary/aromatic N) is 1. The first-order valence-corrected chi connectivity index (χ1v) is 6.91. The zero-order valence-corrected chi connectivity index (χ0v) is 11.9. The van der Waals surface area contributed by atoms with Crippen molar-refractivity contribution in [1.82, 2.24) is 10.2 Å². The van der Waals surface area contributed by atoms with Crippen LogP contribution in [0.15, 0.2) is 24.3 Å². The normalized spacial score (nSPS) is 18.3. The number of benzene rings is 1. The molecular formula is C14H19FN2OS. The molecule has 3 nitrogen and oxygen atoms in total. The summed E-state index contributed by atoms with van der Waals surface area (Å²) in [5, 5.41) is 3.80. The minimum atomic E-state index is -0.198. The van der Waals surface area contributed by atoms with Gasteiger partial charge in [-0.2, -0.15) is 0 Å². The van der Waals surface area contributed by atoms with E-state index in [4.69, 9.17) is 17.0 Å². The summed E-state index contributed by atoms with van der Waals surface area (Å²) in [4.78, 5) is 1.84. The van der Waals surface area contributed by atoms with Gasteiger partial charge in [-0.05, 0) is 31.1 Å². The van der Waals surface area contributed by atoms with Crippen LogP contribution in [0.5, 0.6) is 0 Å². The maximum atomic E-state index is 13.5. The fourth-order valence-corrected chi connectivity index (χ4v) is 2.24. The topological polar surface area (TPSA) is 24.5 Å². The van der Waals surface area contributed by atoms with Gasteiger partial charge in [-0.25, -0.2) is 4.39 Å². The summed E-state index contributed by atoms with van der Waals surface area (Å²) in [6, 6.07) is 6.75. The van der Waals surface area contributed by atoms with E-state index in [1.54, 1.807) is 12.1 Å². The highest BCUT2D eigenvalue weighted by Gasteiger charge is 2.16. The Labute approximate surface area is 118 Å². The van der Waals surface area contributed by atoms with Crippen molar-refractivity contribution in [3.05, 3.63) is 35.6 Å². The molecule has 1 fully saturated rings. The third-order valence-corrected chi connectivity index (χ3v) is 3.67. The molecule has 19 heavy (non-hydrogen) atoms. The second-order valence-electron chi connectivity index (χ2n) is 4.77. The van der Waals surface area contributed by atoms with Crippen LogP contribution in [0.4, 0.5) is 4.39 Å². The number of ether oxygens (including phenoxy) is 1. The van der Waals surface area contributed by atoms with E-state index in [1.807, 2.05) is 18.0 Å². The molecule has 104 valence electrons. The van der Waals surface area contributed by atoms with Crippen molar-refractivity contribution in [3.8, 4) is 0 Å². The molecule has 0 aliphatic carbocycles. The van der Waals surface area contributed by atoms with E-state index < -0.39 is 0 Å². The van der Waals surface area contributed by atoms with E-state index in [1.165, 1.54) is 6.07 Å². The summed E-state index contributed by atoms with van der Waals surface area (Å²) in [5.41, 5.74) is 0.645. The van der Waals surface area contributed by atoms with Gasteiger partial charge in [0, 0.05) is 32.3 Å². The molecule has 0 aromatic heterocycles. The Bertz CT molecular complexity index is 435. The number of nitrogens with one attached hydrogen (secondary N) is 1. The first kappa shape index (κ1) is 14.2. The highest BCUT2D eigenvalue weighted by atomic mass is 32.1. The minimum absolute atomic E-state index is 0.198. The van der Waals surface area contributed by atoms with Crippen molar-refractivity contribution < 1.29 is 9.13 Å².